The minimum Gasteiger partial charge on any atom is -0.303 e. The molecule has 1 radical (unpaired) electrons. The maximum absolute atomic E-state index is 10.3. The summed E-state index contributed by atoms with van der Waals surface area (Å²) in [7, 11) is -0.831. The third-order valence-electron chi connectivity index (χ3n) is 0. The standard InChI is InChI=1S/C2H9OSi2/c1-5(2,3)4/h1-2,4H3/p+1. The second kappa shape index (κ2) is 1.24. The first kappa shape index (κ1) is 5.39. The van der Waals surface area contributed by atoms with Gasteiger partial charge in [-0.05, 0) is 13.1 Å². The van der Waals surface area contributed by atoms with Crippen molar-refractivity contribution in [3.63, 3.8) is 0 Å². The van der Waals surface area contributed by atoms with Crippen molar-refractivity contribution in [3.8, 4) is 0 Å². The fraction of sp³-hybridized carbons (Fsp3) is 1.00. The van der Waals surface area contributed by atoms with Crippen molar-refractivity contribution in [1.82, 2.24) is 0 Å². The molecule has 0 bridgehead atoms. The van der Waals surface area contributed by atoms with Crippen molar-refractivity contribution in [1.29, 1.82) is 0 Å². The van der Waals surface area contributed by atoms with Crippen LogP contribution in [0.15, 0.2) is 0 Å². The SMILES string of the molecule is C[Si](C)([O])[SiH3].[H+]. The molecule has 5 heavy (non-hydrogen) atoms. The lowest BCUT2D eigenvalue weighted by Gasteiger charge is -1.95. The van der Waals surface area contributed by atoms with Crippen molar-refractivity contribution in [3.05, 3.63) is 0 Å². The van der Waals surface area contributed by atoms with Crippen LogP contribution in [0, 0.1) is 0 Å². The van der Waals surface area contributed by atoms with Crippen LogP contribution >= 0.6 is 0 Å². The summed E-state index contributed by atoms with van der Waals surface area (Å²) in [6.45, 7) is 3.67. The maximum Gasteiger partial charge on any atom is 1.00 e. The molecule has 0 aliphatic carbocycles. The molecule has 1 nitrogen and oxygen atoms in total. The quantitative estimate of drug-likeness (QED) is 0.374. The van der Waals surface area contributed by atoms with Crippen molar-refractivity contribution in [2.75, 3.05) is 0 Å². The largest absolute Gasteiger partial charge is 1.00 e. The lowest BCUT2D eigenvalue weighted by atomic mass is 11.9. The summed E-state index contributed by atoms with van der Waals surface area (Å²) in [5, 5.41) is 0. The molecule has 0 fully saturated rings. The van der Waals surface area contributed by atoms with Crippen molar-refractivity contribution >= 4 is 17.6 Å². The van der Waals surface area contributed by atoms with Crippen LogP contribution in [0.4, 0.5) is 0 Å². The van der Waals surface area contributed by atoms with Gasteiger partial charge in [0, 0.05) is 9.76 Å². The van der Waals surface area contributed by atoms with Crippen LogP contribution in [0.1, 0.15) is 1.43 Å². The van der Waals surface area contributed by atoms with Crippen LogP contribution in [-0.2, 0) is 4.80 Å². The Kier molecular flexibility index (Phi) is 1.34. The van der Waals surface area contributed by atoms with Gasteiger partial charge in [-0.1, -0.05) is 0 Å². The normalized spacial score (nSPS) is 12.6. The minimum absolute atomic E-state index is 0. The average molecular weight is 106 g/mol. The molecule has 0 heterocycles. The predicted molar refractivity (Wildman–Crippen MR) is 29.2 cm³/mol. The first-order chi connectivity index (χ1) is 2.00. The predicted octanol–water partition coefficient (Wildman–Crippen LogP) is -0.403. The van der Waals surface area contributed by atoms with Gasteiger partial charge in [0.2, 0.25) is 7.83 Å². The van der Waals surface area contributed by atoms with Gasteiger partial charge in [-0.3, -0.25) is 0 Å². The molecule has 0 aliphatic rings. The van der Waals surface area contributed by atoms with E-state index in [0.29, 0.717) is 0 Å². The number of hydrogen-bond donors (Lipinski definition) is 0. The molecule has 0 N–H and O–H groups in total. The van der Waals surface area contributed by atoms with Gasteiger partial charge in [0.1, 0.15) is 0 Å². The molecule has 0 saturated carbocycles. The van der Waals surface area contributed by atoms with E-state index in [1.807, 2.05) is 13.1 Å². The smallest absolute Gasteiger partial charge is 0.303 e. The molecule has 0 aromatic heterocycles. The Morgan fingerprint density at radius 2 is 1.80 bits per heavy atom. The van der Waals surface area contributed by atoms with Crippen LogP contribution in [0.5, 0.6) is 0 Å². The Morgan fingerprint density at radius 3 is 1.80 bits per heavy atom. The van der Waals surface area contributed by atoms with Crippen molar-refractivity contribution in [2.24, 2.45) is 0 Å². The summed E-state index contributed by atoms with van der Waals surface area (Å²) in [4.78, 5) is 10.3. The van der Waals surface area contributed by atoms with Gasteiger partial charge in [0.25, 0.3) is 0 Å². The van der Waals surface area contributed by atoms with E-state index < -0.39 is 7.83 Å². The Balaban J connectivity index is 0. The number of rotatable bonds is 0. The van der Waals surface area contributed by atoms with Gasteiger partial charge >= 0.3 is 1.43 Å². The van der Waals surface area contributed by atoms with E-state index in [-0.39, 0.29) is 1.43 Å². The van der Waals surface area contributed by atoms with E-state index in [1.165, 1.54) is 0 Å². The molecule has 31 valence electrons. The molecular formula is C2H10OSi2+. The molecule has 0 aliphatic heterocycles. The van der Waals surface area contributed by atoms with E-state index in [2.05, 4.69) is 0 Å². The fourth-order valence-corrected chi connectivity index (χ4v) is 0. The van der Waals surface area contributed by atoms with Gasteiger partial charge in [0.15, 0.2) is 0 Å². The summed E-state index contributed by atoms with van der Waals surface area (Å²) < 4.78 is 0. The van der Waals surface area contributed by atoms with E-state index in [4.69, 9.17) is 0 Å². The molecule has 0 saturated heterocycles. The molecule has 0 spiro atoms. The van der Waals surface area contributed by atoms with Gasteiger partial charge in [0.05, 0.1) is 0 Å². The third-order valence-corrected chi connectivity index (χ3v) is 0. The monoisotopic (exact) mass is 106 g/mol. The van der Waals surface area contributed by atoms with E-state index in [0.717, 1.165) is 9.76 Å². The van der Waals surface area contributed by atoms with Gasteiger partial charge in [-0.25, -0.2) is 0 Å². The molecule has 3 heteroatoms. The summed E-state index contributed by atoms with van der Waals surface area (Å²) in [5.41, 5.74) is 0. The van der Waals surface area contributed by atoms with Crippen LogP contribution in [0.25, 0.3) is 0 Å². The maximum atomic E-state index is 10.3. The second-order valence-electron chi connectivity index (χ2n) is 2.11. The van der Waals surface area contributed by atoms with E-state index in [9.17, 15) is 4.80 Å². The summed E-state index contributed by atoms with van der Waals surface area (Å²) >= 11 is 0. The highest BCUT2D eigenvalue weighted by Gasteiger charge is 2.07. The van der Waals surface area contributed by atoms with Gasteiger partial charge < -0.3 is 4.80 Å². The summed E-state index contributed by atoms with van der Waals surface area (Å²) in [6, 6.07) is 0. The summed E-state index contributed by atoms with van der Waals surface area (Å²) in [6.07, 6.45) is 0. The molecule has 0 rings (SSSR count). The Labute approximate surface area is 37.8 Å². The van der Waals surface area contributed by atoms with Crippen molar-refractivity contribution < 1.29 is 6.22 Å². The van der Waals surface area contributed by atoms with Crippen LogP contribution in [0.3, 0.4) is 0 Å². The van der Waals surface area contributed by atoms with Crippen molar-refractivity contribution in [2.45, 2.75) is 13.1 Å². The highest BCUT2D eigenvalue weighted by molar-refractivity contribution is 7.10. The van der Waals surface area contributed by atoms with E-state index >= 15 is 0 Å². The highest BCUT2D eigenvalue weighted by atomic mass is 29.2. The molecular weight excluding hydrogens is 96.2 g/mol. The zero-order chi connectivity index (χ0) is 4.50. The lowest BCUT2D eigenvalue weighted by Crippen LogP contribution is -2.22. The molecule has 0 atom stereocenters. The molecule has 0 amide bonds. The highest BCUT2D eigenvalue weighted by Crippen LogP contribution is 1.83. The Morgan fingerprint density at radius 1 is 1.80 bits per heavy atom. The second-order valence-corrected chi connectivity index (χ2v) is 13.6. The molecule has 0 unspecified atom stereocenters. The fourth-order valence-electron chi connectivity index (χ4n) is 0. The first-order valence-electron chi connectivity index (χ1n) is 1.70. The van der Waals surface area contributed by atoms with Crippen LogP contribution in [-0.4, -0.2) is 17.6 Å². The Hall–Kier alpha value is 0.394. The summed E-state index contributed by atoms with van der Waals surface area (Å²) in [5.74, 6) is 0. The third kappa shape index (κ3) is 162. The van der Waals surface area contributed by atoms with E-state index in [1.54, 1.807) is 0 Å². The van der Waals surface area contributed by atoms with Gasteiger partial charge in [-0.15, -0.1) is 0 Å². The average Bonchev–Trinajstić information content (AvgIpc) is 0.722. The minimum atomic E-state index is -1.72. The topological polar surface area (TPSA) is 19.9 Å². The Bertz CT molecular complexity index is 27.0. The lowest BCUT2D eigenvalue weighted by molar-refractivity contribution is 0.450. The van der Waals surface area contributed by atoms with Crippen LogP contribution in [0.2, 0.25) is 13.1 Å². The van der Waals surface area contributed by atoms with Gasteiger partial charge in [-0.2, -0.15) is 0 Å². The molecule has 0 aromatic carbocycles. The zero-order valence-corrected chi connectivity index (χ0v) is 6.91. The first-order valence-corrected chi connectivity index (χ1v) is 8.11. The van der Waals surface area contributed by atoms with Crippen LogP contribution < -0.4 is 0 Å². The zero-order valence-electron chi connectivity index (χ0n) is 4.91. The number of hydrogen-bond acceptors (Lipinski definition) is 0. The molecule has 0 aromatic rings.